The number of nitrogens with one attached hydrogen (secondary N) is 2. The molecule has 2 saturated carbocycles. The minimum Gasteiger partial charge on any atom is -0.488 e. The van der Waals surface area contributed by atoms with Crippen molar-refractivity contribution in [3.63, 3.8) is 0 Å². The summed E-state index contributed by atoms with van der Waals surface area (Å²) in [6.07, 6.45) is 10.4. The smallest absolute Gasteiger partial charge is 0.261 e. The number of benzene rings is 2. The number of ether oxygens (including phenoxy) is 1. The molecule has 1 saturated heterocycles. The molecular formula is C28H32FN7O2. The van der Waals surface area contributed by atoms with Crippen LogP contribution in [0.3, 0.4) is 0 Å². The minimum atomic E-state index is -0.575. The molecule has 0 atom stereocenters. The molecular weight excluding hydrogens is 485 g/mol. The van der Waals surface area contributed by atoms with Crippen molar-refractivity contribution < 1.29 is 13.9 Å². The first-order valence-corrected chi connectivity index (χ1v) is 13.5. The Kier molecular flexibility index (Phi) is 5.54. The summed E-state index contributed by atoms with van der Waals surface area (Å²) < 4.78 is 25.2. The van der Waals surface area contributed by atoms with Gasteiger partial charge in [-0.1, -0.05) is 0 Å². The Bertz CT molecular complexity index is 1540. The summed E-state index contributed by atoms with van der Waals surface area (Å²) in [6.45, 7) is 1.68. The lowest BCUT2D eigenvalue weighted by atomic mass is 10.0. The molecule has 3 fully saturated rings. The summed E-state index contributed by atoms with van der Waals surface area (Å²) in [5, 5.41) is 17.3. The van der Waals surface area contributed by atoms with Crippen LogP contribution in [0.4, 0.5) is 15.8 Å². The van der Waals surface area contributed by atoms with Crippen molar-refractivity contribution in [1.82, 2.24) is 24.9 Å². The first-order chi connectivity index (χ1) is 18.4. The second kappa shape index (κ2) is 8.97. The van der Waals surface area contributed by atoms with Gasteiger partial charge >= 0.3 is 0 Å². The average Bonchev–Trinajstić information content (AvgIpc) is 3.80. The van der Waals surface area contributed by atoms with E-state index in [0.717, 1.165) is 60.7 Å². The molecule has 2 aromatic heterocycles. The molecule has 3 heterocycles. The summed E-state index contributed by atoms with van der Waals surface area (Å²) in [4.78, 5) is 15.8. The van der Waals surface area contributed by atoms with E-state index in [1.54, 1.807) is 16.4 Å². The number of fused-ring (bicyclic) bond motifs is 2. The number of aromatic nitrogens is 4. The molecule has 2 N–H and O–H groups in total. The largest absolute Gasteiger partial charge is 0.488 e. The SMILES string of the molecule is Cn1cc2cc(NC(=O)c3c(F)cc(N4CCC(NC5CC5)CC4)c4cn(C)nc34)c(OC3CC3)cc2n1. The van der Waals surface area contributed by atoms with Crippen LogP contribution in [0, 0.1) is 5.82 Å². The second-order valence-corrected chi connectivity index (χ2v) is 11.0. The highest BCUT2D eigenvalue weighted by Gasteiger charge is 2.30. The highest BCUT2D eigenvalue weighted by molar-refractivity contribution is 6.15. The molecule has 2 aromatic carbocycles. The molecule has 0 bridgehead atoms. The van der Waals surface area contributed by atoms with Crippen molar-refractivity contribution in [2.45, 2.75) is 56.7 Å². The van der Waals surface area contributed by atoms with Crippen LogP contribution in [-0.2, 0) is 14.1 Å². The number of piperidine rings is 1. The fraction of sp³-hybridized carbons (Fsp3) is 0.464. The van der Waals surface area contributed by atoms with Crippen molar-refractivity contribution in [3.05, 3.63) is 42.0 Å². The molecule has 1 aliphatic heterocycles. The summed E-state index contributed by atoms with van der Waals surface area (Å²) in [5.74, 6) is -0.577. The first kappa shape index (κ1) is 23.5. The van der Waals surface area contributed by atoms with E-state index < -0.39 is 11.7 Å². The molecule has 3 aliphatic rings. The van der Waals surface area contributed by atoms with E-state index in [9.17, 15) is 4.79 Å². The quantitative estimate of drug-likeness (QED) is 0.384. The van der Waals surface area contributed by atoms with E-state index in [1.165, 1.54) is 18.9 Å². The number of anilines is 2. The van der Waals surface area contributed by atoms with Crippen LogP contribution >= 0.6 is 0 Å². The number of hydrogen-bond donors (Lipinski definition) is 2. The number of nitrogens with zero attached hydrogens (tertiary/aromatic N) is 5. The maximum Gasteiger partial charge on any atom is 0.261 e. The minimum absolute atomic E-state index is 0.0571. The Hall–Kier alpha value is -3.66. The molecule has 0 spiro atoms. The third kappa shape index (κ3) is 4.47. The fourth-order valence-electron chi connectivity index (χ4n) is 5.51. The van der Waals surface area contributed by atoms with Crippen LogP contribution in [0.1, 0.15) is 48.9 Å². The van der Waals surface area contributed by atoms with Crippen LogP contribution in [-0.4, -0.2) is 56.7 Å². The second-order valence-electron chi connectivity index (χ2n) is 11.0. The Morgan fingerprint density at radius 2 is 1.71 bits per heavy atom. The lowest BCUT2D eigenvalue weighted by Crippen LogP contribution is -2.43. The number of amides is 1. The fourth-order valence-corrected chi connectivity index (χ4v) is 5.51. The van der Waals surface area contributed by atoms with Gasteiger partial charge in [0.05, 0.1) is 23.0 Å². The molecule has 10 heteroatoms. The number of carbonyl (C=O) groups is 1. The van der Waals surface area contributed by atoms with Crippen LogP contribution in [0.15, 0.2) is 30.6 Å². The Morgan fingerprint density at radius 3 is 2.45 bits per heavy atom. The van der Waals surface area contributed by atoms with E-state index in [0.29, 0.717) is 29.0 Å². The van der Waals surface area contributed by atoms with Gasteiger partial charge in [0.2, 0.25) is 0 Å². The summed E-state index contributed by atoms with van der Waals surface area (Å²) in [6, 6.07) is 6.36. The third-order valence-electron chi connectivity index (χ3n) is 7.74. The number of hydrogen-bond acceptors (Lipinski definition) is 6. The van der Waals surface area contributed by atoms with Gasteiger partial charge in [0, 0.05) is 68.5 Å². The van der Waals surface area contributed by atoms with Gasteiger partial charge < -0.3 is 20.3 Å². The average molecular weight is 518 g/mol. The van der Waals surface area contributed by atoms with Gasteiger partial charge in [-0.3, -0.25) is 14.2 Å². The van der Waals surface area contributed by atoms with E-state index >= 15 is 4.39 Å². The van der Waals surface area contributed by atoms with E-state index in [2.05, 4.69) is 25.7 Å². The van der Waals surface area contributed by atoms with Gasteiger partial charge in [0.1, 0.15) is 22.6 Å². The number of rotatable bonds is 7. The monoisotopic (exact) mass is 517 g/mol. The molecule has 198 valence electrons. The molecule has 7 rings (SSSR count). The van der Waals surface area contributed by atoms with Crippen LogP contribution in [0.25, 0.3) is 21.8 Å². The van der Waals surface area contributed by atoms with Crippen molar-refractivity contribution in [1.29, 1.82) is 0 Å². The number of carbonyl (C=O) groups excluding carboxylic acids is 1. The number of aryl methyl sites for hydroxylation is 2. The summed E-state index contributed by atoms with van der Waals surface area (Å²) in [7, 11) is 3.65. The first-order valence-electron chi connectivity index (χ1n) is 13.5. The topological polar surface area (TPSA) is 89.2 Å². The molecule has 38 heavy (non-hydrogen) atoms. The van der Waals surface area contributed by atoms with Crippen molar-refractivity contribution in [3.8, 4) is 5.75 Å². The van der Waals surface area contributed by atoms with E-state index in [-0.39, 0.29) is 11.7 Å². The van der Waals surface area contributed by atoms with Crippen LogP contribution < -0.4 is 20.3 Å². The zero-order valence-corrected chi connectivity index (χ0v) is 21.7. The lowest BCUT2D eigenvalue weighted by Gasteiger charge is -2.34. The molecule has 0 radical (unpaired) electrons. The number of halogens is 1. The van der Waals surface area contributed by atoms with Crippen molar-refractivity contribution in [2.75, 3.05) is 23.3 Å². The summed E-state index contributed by atoms with van der Waals surface area (Å²) in [5.41, 5.74) is 2.38. The zero-order valence-electron chi connectivity index (χ0n) is 21.7. The predicted octanol–water partition coefficient (Wildman–Crippen LogP) is 4.11. The third-order valence-corrected chi connectivity index (χ3v) is 7.74. The lowest BCUT2D eigenvalue weighted by molar-refractivity contribution is 0.102. The highest BCUT2D eigenvalue weighted by atomic mass is 19.1. The molecule has 4 aromatic rings. The molecule has 2 aliphatic carbocycles. The predicted molar refractivity (Wildman–Crippen MR) is 144 cm³/mol. The van der Waals surface area contributed by atoms with E-state index in [4.69, 9.17) is 4.74 Å². The van der Waals surface area contributed by atoms with Crippen molar-refractivity contribution in [2.24, 2.45) is 14.1 Å². The van der Waals surface area contributed by atoms with Gasteiger partial charge in [-0.15, -0.1) is 0 Å². The Labute approximate surface area is 219 Å². The standard InChI is InChI=1S/C28H32FN7O2/c1-34-14-16-11-23(25(13-22(16)32-34)38-19-5-6-19)31-28(37)26-21(29)12-24(20-15-35(2)33-27(20)26)36-9-7-18(8-10-36)30-17-3-4-17/h11-15,17-19,30H,3-10H2,1-2H3,(H,31,37). The van der Waals surface area contributed by atoms with Gasteiger partial charge in [-0.05, 0) is 50.7 Å². The molecule has 0 unspecified atom stereocenters. The van der Waals surface area contributed by atoms with Crippen molar-refractivity contribution >= 4 is 39.1 Å². The molecule has 9 nitrogen and oxygen atoms in total. The Morgan fingerprint density at radius 1 is 0.974 bits per heavy atom. The summed E-state index contributed by atoms with van der Waals surface area (Å²) >= 11 is 0. The maximum atomic E-state index is 15.7. The maximum absolute atomic E-state index is 15.7. The van der Waals surface area contributed by atoms with Crippen LogP contribution in [0.5, 0.6) is 5.75 Å². The van der Waals surface area contributed by atoms with Gasteiger partial charge in [-0.25, -0.2) is 4.39 Å². The van der Waals surface area contributed by atoms with Gasteiger partial charge in [-0.2, -0.15) is 10.2 Å². The normalized spacial score (nSPS) is 18.4. The molecule has 1 amide bonds. The van der Waals surface area contributed by atoms with Crippen LogP contribution in [0.2, 0.25) is 0 Å². The van der Waals surface area contributed by atoms with Gasteiger partial charge in [0.25, 0.3) is 5.91 Å². The van der Waals surface area contributed by atoms with E-state index in [1.807, 2.05) is 31.6 Å². The Balaban J connectivity index is 1.20. The highest BCUT2D eigenvalue weighted by Crippen LogP contribution is 2.37. The zero-order chi connectivity index (χ0) is 26.0. The van der Waals surface area contributed by atoms with Gasteiger partial charge in [0.15, 0.2) is 0 Å².